The Hall–Kier alpha value is -1.51. The number of benzene rings is 1. The highest BCUT2D eigenvalue weighted by Crippen LogP contribution is 2.30. The van der Waals surface area contributed by atoms with Crippen LogP contribution < -0.4 is 5.32 Å². The molecule has 1 heterocycles. The molecule has 3 rings (SSSR count). The number of oxazole rings is 1. The maximum absolute atomic E-state index is 5.68. The van der Waals surface area contributed by atoms with Crippen molar-refractivity contribution in [1.82, 2.24) is 4.98 Å². The van der Waals surface area contributed by atoms with Gasteiger partial charge in [-0.3, -0.25) is 0 Å². The number of hydrogen-bond donors (Lipinski definition) is 1. The summed E-state index contributed by atoms with van der Waals surface area (Å²) in [7, 11) is 0. The number of nitrogens with one attached hydrogen (secondary N) is 1. The van der Waals surface area contributed by atoms with Gasteiger partial charge in [-0.2, -0.15) is 4.98 Å². The van der Waals surface area contributed by atoms with Gasteiger partial charge in [0.15, 0.2) is 5.58 Å². The quantitative estimate of drug-likeness (QED) is 0.880. The van der Waals surface area contributed by atoms with Crippen molar-refractivity contribution < 1.29 is 4.42 Å². The minimum Gasteiger partial charge on any atom is -0.424 e. The molecule has 1 aromatic carbocycles. The molecule has 0 saturated heterocycles. The zero-order valence-electron chi connectivity index (χ0n) is 11.6. The van der Waals surface area contributed by atoms with Gasteiger partial charge in [0.2, 0.25) is 0 Å². The zero-order valence-corrected chi connectivity index (χ0v) is 11.6. The van der Waals surface area contributed by atoms with Crippen LogP contribution in [-0.2, 0) is 0 Å². The summed E-state index contributed by atoms with van der Waals surface area (Å²) >= 11 is 0. The second-order valence-electron chi connectivity index (χ2n) is 5.66. The molecule has 1 N–H and O–H groups in total. The molecule has 19 heavy (non-hydrogen) atoms. The molecule has 1 saturated carbocycles. The van der Waals surface area contributed by atoms with E-state index in [1.165, 1.54) is 32.1 Å². The van der Waals surface area contributed by atoms with Gasteiger partial charge in [0.25, 0.3) is 6.01 Å². The summed E-state index contributed by atoms with van der Waals surface area (Å²) in [5.74, 6) is 1.73. The van der Waals surface area contributed by atoms with Crippen molar-refractivity contribution in [2.24, 2.45) is 11.8 Å². The Morgan fingerprint density at radius 3 is 2.63 bits per heavy atom. The topological polar surface area (TPSA) is 38.1 Å². The van der Waals surface area contributed by atoms with E-state index in [0.717, 1.165) is 29.5 Å². The Balaban J connectivity index is 1.55. The van der Waals surface area contributed by atoms with E-state index in [1.807, 2.05) is 24.3 Å². The third kappa shape index (κ3) is 2.91. The van der Waals surface area contributed by atoms with E-state index < -0.39 is 0 Å². The van der Waals surface area contributed by atoms with Crippen molar-refractivity contribution in [2.45, 2.75) is 39.0 Å². The van der Waals surface area contributed by atoms with Crippen LogP contribution in [0.5, 0.6) is 0 Å². The summed E-state index contributed by atoms with van der Waals surface area (Å²) in [6, 6.07) is 8.57. The molecule has 2 aromatic rings. The summed E-state index contributed by atoms with van der Waals surface area (Å²) < 4.78 is 5.68. The summed E-state index contributed by atoms with van der Waals surface area (Å²) in [4.78, 5) is 4.45. The number of aromatic nitrogens is 1. The number of para-hydroxylation sites is 2. The lowest BCUT2D eigenvalue weighted by Gasteiger charge is -2.27. The highest BCUT2D eigenvalue weighted by molar-refractivity contribution is 5.74. The maximum atomic E-state index is 5.68. The van der Waals surface area contributed by atoms with E-state index in [4.69, 9.17) is 4.42 Å². The van der Waals surface area contributed by atoms with E-state index in [2.05, 4.69) is 17.2 Å². The first-order valence-corrected chi connectivity index (χ1v) is 7.44. The molecule has 3 nitrogen and oxygen atoms in total. The molecule has 1 fully saturated rings. The van der Waals surface area contributed by atoms with Crippen molar-refractivity contribution in [3.63, 3.8) is 0 Å². The van der Waals surface area contributed by atoms with Crippen LogP contribution in [0, 0.1) is 11.8 Å². The molecule has 3 heteroatoms. The van der Waals surface area contributed by atoms with Crippen molar-refractivity contribution in [3.05, 3.63) is 24.3 Å². The fourth-order valence-corrected chi connectivity index (χ4v) is 3.02. The van der Waals surface area contributed by atoms with Gasteiger partial charge < -0.3 is 9.73 Å². The summed E-state index contributed by atoms with van der Waals surface area (Å²) in [5, 5.41) is 3.36. The average Bonchev–Trinajstić information content (AvgIpc) is 2.88. The van der Waals surface area contributed by atoms with Crippen LogP contribution >= 0.6 is 0 Å². The molecule has 102 valence electrons. The second kappa shape index (κ2) is 5.64. The van der Waals surface area contributed by atoms with Crippen LogP contribution in [0.2, 0.25) is 0 Å². The van der Waals surface area contributed by atoms with E-state index >= 15 is 0 Å². The average molecular weight is 258 g/mol. The Morgan fingerprint density at radius 2 is 1.89 bits per heavy atom. The van der Waals surface area contributed by atoms with E-state index in [9.17, 15) is 0 Å². The normalized spacial score (nSPS) is 23.6. The van der Waals surface area contributed by atoms with E-state index in [-0.39, 0.29) is 0 Å². The first-order valence-electron chi connectivity index (χ1n) is 7.44. The Kier molecular flexibility index (Phi) is 3.72. The molecule has 0 bridgehead atoms. The van der Waals surface area contributed by atoms with Gasteiger partial charge in [-0.25, -0.2) is 0 Å². The van der Waals surface area contributed by atoms with Crippen LogP contribution in [0.3, 0.4) is 0 Å². The van der Waals surface area contributed by atoms with Crippen LogP contribution in [0.25, 0.3) is 11.1 Å². The highest BCUT2D eigenvalue weighted by atomic mass is 16.4. The molecule has 1 aromatic heterocycles. The van der Waals surface area contributed by atoms with Crippen LogP contribution in [-0.4, -0.2) is 11.5 Å². The number of fused-ring (bicyclic) bond motifs is 1. The van der Waals surface area contributed by atoms with Crippen molar-refractivity contribution in [3.8, 4) is 0 Å². The van der Waals surface area contributed by atoms with Crippen LogP contribution in [0.1, 0.15) is 39.0 Å². The molecule has 0 aliphatic heterocycles. The fraction of sp³-hybridized carbons (Fsp3) is 0.562. The third-order valence-electron chi connectivity index (χ3n) is 4.38. The molecular formula is C16H22N2O. The van der Waals surface area contributed by atoms with Crippen molar-refractivity contribution in [1.29, 1.82) is 0 Å². The summed E-state index contributed by atoms with van der Waals surface area (Å²) in [5.41, 5.74) is 1.79. The van der Waals surface area contributed by atoms with Crippen molar-refractivity contribution in [2.75, 3.05) is 11.9 Å². The van der Waals surface area contributed by atoms with E-state index in [1.54, 1.807) is 0 Å². The maximum Gasteiger partial charge on any atom is 0.295 e. The minimum absolute atomic E-state index is 0.666. The smallest absolute Gasteiger partial charge is 0.295 e. The molecule has 1 aliphatic rings. The van der Waals surface area contributed by atoms with Crippen molar-refractivity contribution >= 4 is 17.1 Å². The third-order valence-corrected chi connectivity index (χ3v) is 4.38. The predicted octanol–water partition coefficient (Wildman–Crippen LogP) is 4.46. The van der Waals surface area contributed by atoms with Gasteiger partial charge in [-0.1, -0.05) is 38.3 Å². The minimum atomic E-state index is 0.666. The van der Waals surface area contributed by atoms with Gasteiger partial charge in [0.05, 0.1) is 0 Å². The number of anilines is 1. The lowest BCUT2D eigenvalue weighted by atomic mass is 9.81. The number of rotatable bonds is 4. The lowest BCUT2D eigenvalue weighted by Crippen LogP contribution is -2.21. The van der Waals surface area contributed by atoms with Crippen LogP contribution in [0.4, 0.5) is 6.01 Å². The predicted molar refractivity (Wildman–Crippen MR) is 78.2 cm³/mol. The largest absolute Gasteiger partial charge is 0.424 e. The Bertz CT molecular complexity index is 493. The lowest BCUT2D eigenvalue weighted by molar-refractivity contribution is 0.277. The standard InChI is InChI=1S/C16H22N2O/c1-2-12-7-9-13(10-8-12)11-17-16-18-14-5-3-4-6-15(14)19-16/h3-6,12-13H,2,7-11H2,1H3,(H,17,18). The number of nitrogens with zero attached hydrogens (tertiary/aromatic N) is 1. The first kappa shape index (κ1) is 12.5. The summed E-state index contributed by atoms with van der Waals surface area (Å²) in [6.07, 6.45) is 6.79. The molecule has 0 amide bonds. The van der Waals surface area contributed by atoms with Gasteiger partial charge >= 0.3 is 0 Å². The Morgan fingerprint density at radius 1 is 1.16 bits per heavy atom. The molecule has 1 aliphatic carbocycles. The molecule has 0 spiro atoms. The molecule has 0 unspecified atom stereocenters. The monoisotopic (exact) mass is 258 g/mol. The van der Waals surface area contributed by atoms with Gasteiger partial charge in [0, 0.05) is 6.54 Å². The number of hydrogen-bond acceptors (Lipinski definition) is 3. The van der Waals surface area contributed by atoms with Crippen LogP contribution in [0.15, 0.2) is 28.7 Å². The van der Waals surface area contributed by atoms with Gasteiger partial charge in [-0.15, -0.1) is 0 Å². The molecule has 0 atom stereocenters. The molecule has 0 radical (unpaired) electrons. The fourth-order valence-electron chi connectivity index (χ4n) is 3.02. The van der Waals surface area contributed by atoms with E-state index in [0.29, 0.717) is 6.01 Å². The van der Waals surface area contributed by atoms with Gasteiger partial charge in [-0.05, 0) is 36.8 Å². The zero-order chi connectivity index (χ0) is 13.1. The highest BCUT2D eigenvalue weighted by Gasteiger charge is 2.20. The SMILES string of the molecule is CCC1CCC(CNc2nc3ccccc3o2)CC1. The second-order valence-corrected chi connectivity index (χ2v) is 5.66. The first-order chi connectivity index (χ1) is 9.35. The Labute approximate surface area is 114 Å². The summed E-state index contributed by atoms with van der Waals surface area (Å²) in [6.45, 7) is 3.30. The molecular weight excluding hydrogens is 236 g/mol. The van der Waals surface area contributed by atoms with Gasteiger partial charge in [0.1, 0.15) is 5.52 Å².